The van der Waals surface area contributed by atoms with Crippen molar-refractivity contribution in [2.45, 2.75) is 19.1 Å². The summed E-state index contributed by atoms with van der Waals surface area (Å²) in [5.74, 6) is -0.307. The molecule has 0 spiro atoms. The second-order valence-electron chi connectivity index (χ2n) is 5.05. The summed E-state index contributed by atoms with van der Waals surface area (Å²) in [7, 11) is 2.09. The van der Waals surface area contributed by atoms with Crippen molar-refractivity contribution in [1.82, 2.24) is 10.2 Å². The quantitative estimate of drug-likeness (QED) is 0.920. The fourth-order valence-corrected chi connectivity index (χ4v) is 2.59. The van der Waals surface area contributed by atoms with E-state index in [0.717, 1.165) is 31.8 Å². The predicted molar refractivity (Wildman–Crippen MR) is 75.1 cm³/mol. The van der Waals surface area contributed by atoms with Crippen molar-refractivity contribution < 1.29 is 9.13 Å². The van der Waals surface area contributed by atoms with E-state index < -0.39 is 0 Å². The Kier molecular flexibility index (Phi) is 5.16. The van der Waals surface area contributed by atoms with Crippen LogP contribution in [-0.2, 0) is 4.74 Å². The molecular formula is C14H20ClFN2O. The highest BCUT2D eigenvalue weighted by atomic mass is 35.5. The van der Waals surface area contributed by atoms with Crippen molar-refractivity contribution >= 4 is 11.6 Å². The second kappa shape index (κ2) is 6.66. The van der Waals surface area contributed by atoms with Crippen LogP contribution < -0.4 is 5.32 Å². The molecule has 3 nitrogen and oxygen atoms in total. The lowest BCUT2D eigenvalue weighted by Crippen LogP contribution is -2.45. The van der Waals surface area contributed by atoms with Gasteiger partial charge in [0.25, 0.3) is 0 Å². The van der Waals surface area contributed by atoms with Crippen LogP contribution in [0.5, 0.6) is 0 Å². The molecule has 1 fully saturated rings. The van der Waals surface area contributed by atoms with Gasteiger partial charge in [-0.3, -0.25) is 0 Å². The van der Waals surface area contributed by atoms with Crippen LogP contribution in [0.1, 0.15) is 18.5 Å². The number of hydrogen-bond donors (Lipinski definition) is 1. The van der Waals surface area contributed by atoms with Crippen LogP contribution in [0.2, 0.25) is 5.02 Å². The first-order valence-electron chi connectivity index (χ1n) is 6.54. The maximum absolute atomic E-state index is 13.0. The molecule has 1 aliphatic heterocycles. The third kappa shape index (κ3) is 4.14. The number of nitrogens with zero attached hydrogens (tertiary/aromatic N) is 1. The minimum atomic E-state index is -0.307. The summed E-state index contributed by atoms with van der Waals surface area (Å²) in [6, 6.07) is 4.58. The number of halogens is 2. The van der Waals surface area contributed by atoms with Crippen molar-refractivity contribution in [1.29, 1.82) is 0 Å². The second-order valence-corrected chi connectivity index (χ2v) is 5.46. The lowest BCUT2D eigenvalue weighted by Gasteiger charge is -2.31. The number of likely N-dealkylation sites (N-methyl/N-ethyl adjacent to an activating group) is 1. The molecule has 0 aliphatic carbocycles. The van der Waals surface area contributed by atoms with Crippen LogP contribution in [0.15, 0.2) is 18.2 Å². The molecule has 0 amide bonds. The van der Waals surface area contributed by atoms with Crippen LogP contribution in [0, 0.1) is 5.82 Å². The molecule has 1 aromatic carbocycles. The minimum Gasteiger partial charge on any atom is -0.374 e. The average Bonchev–Trinajstić information content (AvgIpc) is 2.36. The van der Waals surface area contributed by atoms with Gasteiger partial charge in [0, 0.05) is 30.7 Å². The summed E-state index contributed by atoms with van der Waals surface area (Å²) in [5.41, 5.74) is 0.909. The number of morpholine rings is 1. The van der Waals surface area contributed by atoms with E-state index in [1.165, 1.54) is 12.1 Å². The molecule has 19 heavy (non-hydrogen) atoms. The van der Waals surface area contributed by atoms with E-state index in [2.05, 4.69) is 17.3 Å². The number of benzene rings is 1. The van der Waals surface area contributed by atoms with Crippen molar-refractivity contribution in [3.63, 3.8) is 0 Å². The normalized spacial score (nSPS) is 22.4. The Hall–Kier alpha value is -0.680. The minimum absolute atomic E-state index is 0.0731. The van der Waals surface area contributed by atoms with Gasteiger partial charge < -0.3 is 15.0 Å². The van der Waals surface area contributed by atoms with Gasteiger partial charge in [0.05, 0.1) is 12.7 Å². The highest BCUT2D eigenvalue weighted by molar-refractivity contribution is 6.31. The standard InChI is InChI=1S/C14H20ClFN2O/c1-10(13-4-3-11(16)7-14(13)15)17-8-12-9-18(2)5-6-19-12/h3-4,7,10,12,17H,5-6,8-9H2,1-2H3. The maximum Gasteiger partial charge on any atom is 0.124 e. The van der Waals surface area contributed by atoms with Crippen LogP contribution in [0.3, 0.4) is 0 Å². The lowest BCUT2D eigenvalue weighted by molar-refractivity contribution is -0.0190. The molecule has 1 aromatic rings. The SMILES string of the molecule is CC(NCC1CN(C)CCO1)c1ccc(F)cc1Cl. The third-order valence-electron chi connectivity index (χ3n) is 3.42. The summed E-state index contributed by atoms with van der Waals surface area (Å²) in [6.45, 7) is 5.46. The molecule has 1 saturated heterocycles. The fraction of sp³-hybridized carbons (Fsp3) is 0.571. The van der Waals surface area contributed by atoms with Gasteiger partial charge in [0.15, 0.2) is 0 Å². The molecule has 0 aromatic heterocycles. The van der Waals surface area contributed by atoms with Gasteiger partial charge in [-0.25, -0.2) is 4.39 Å². The Balaban J connectivity index is 1.88. The molecule has 1 heterocycles. The van der Waals surface area contributed by atoms with Crippen LogP contribution in [-0.4, -0.2) is 44.3 Å². The molecule has 0 bridgehead atoms. The molecule has 1 N–H and O–H groups in total. The van der Waals surface area contributed by atoms with Crippen molar-refractivity contribution in [3.8, 4) is 0 Å². The number of ether oxygens (including phenoxy) is 1. The van der Waals surface area contributed by atoms with Gasteiger partial charge in [-0.05, 0) is 31.7 Å². The van der Waals surface area contributed by atoms with E-state index in [1.54, 1.807) is 6.07 Å². The smallest absolute Gasteiger partial charge is 0.124 e. The summed E-state index contributed by atoms with van der Waals surface area (Å²) in [4.78, 5) is 2.26. The van der Waals surface area contributed by atoms with E-state index in [9.17, 15) is 4.39 Å². The zero-order chi connectivity index (χ0) is 13.8. The fourth-order valence-electron chi connectivity index (χ4n) is 2.26. The molecule has 2 rings (SSSR count). The Labute approximate surface area is 118 Å². The molecule has 106 valence electrons. The van der Waals surface area contributed by atoms with Gasteiger partial charge in [-0.1, -0.05) is 17.7 Å². The number of nitrogens with one attached hydrogen (secondary N) is 1. The largest absolute Gasteiger partial charge is 0.374 e. The highest BCUT2D eigenvalue weighted by Gasteiger charge is 2.19. The zero-order valence-corrected chi connectivity index (χ0v) is 12.1. The van der Waals surface area contributed by atoms with Crippen LogP contribution in [0.25, 0.3) is 0 Å². The van der Waals surface area contributed by atoms with Crippen molar-refractivity contribution in [2.24, 2.45) is 0 Å². The number of hydrogen-bond acceptors (Lipinski definition) is 3. The van der Waals surface area contributed by atoms with Crippen LogP contribution >= 0.6 is 11.6 Å². The van der Waals surface area contributed by atoms with Crippen molar-refractivity contribution in [2.75, 3.05) is 33.3 Å². The van der Waals surface area contributed by atoms with Gasteiger partial charge >= 0.3 is 0 Å². The van der Waals surface area contributed by atoms with Gasteiger partial charge in [0.1, 0.15) is 5.82 Å². The summed E-state index contributed by atoms with van der Waals surface area (Å²) in [5, 5.41) is 3.85. The Morgan fingerprint density at radius 1 is 1.58 bits per heavy atom. The van der Waals surface area contributed by atoms with E-state index >= 15 is 0 Å². The molecule has 5 heteroatoms. The third-order valence-corrected chi connectivity index (χ3v) is 3.75. The molecular weight excluding hydrogens is 267 g/mol. The first-order chi connectivity index (χ1) is 9.06. The Morgan fingerprint density at radius 3 is 3.05 bits per heavy atom. The molecule has 1 aliphatic rings. The van der Waals surface area contributed by atoms with E-state index in [-0.39, 0.29) is 18.0 Å². The highest BCUT2D eigenvalue weighted by Crippen LogP contribution is 2.23. The van der Waals surface area contributed by atoms with Gasteiger partial charge in [-0.15, -0.1) is 0 Å². The zero-order valence-electron chi connectivity index (χ0n) is 11.3. The molecule has 0 radical (unpaired) electrons. The van der Waals surface area contributed by atoms with Crippen molar-refractivity contribution in [3.05, 3.63) is 34.6 Å². The van der Waals surface area contributed by atoms with E-state index in [1.807, 2.05) is 6.92 Å². The Morgan fingerprint density at radius 2 is 2.37 bits per heavy atom. The summed E-state index contributed by atoms with van der Waals surface area (Å²) in [6.07, 6.45) is 0.195. The number of rotatable bonds is 4. The van der Waals surface area contributed by atoms with Gasteiger partial charge in [-0.2, -0.15) is 0 Å². The topological polar surface area (TPSA) is 24.5 Å². The lowest BCUT2D eigenvalue weighted by atomic mass is 10.1. The molecule has 2 atom stereocenters. The molecule has 0 saturated carbocycles. The predicted octanol–water partition coefficient (Wildman–Crippen LogP) is 2.46. The summed E-state index contributed by atoms with van der Waals surface area (Å²) < 4.78 is 18.7. The Bertz CT molecular complexity index is 430. The van der Waals surface area contributed by atoms with E-state index in [0.29, 0.717) is 5.02 Å². The average molecular weight is 287 g/mol. The summed E-state index contributed by atoms with van der Waals surface area (Å²) >= 11 is 6.05. The van der Waals surface area contributed by atoms with E-state index in [4.69, 9.17) is 16.3 Å². The van der Waals surface area contributed by atoms with Gasteiger partial charge in [0.2, 0.25) is 0 Å². The monoisotopic (exact) mass is 286 g/mol. The maximum atomic E-state index is 13.0. The first-order valence-corrected chi connectivity index (χ1v) is 6.92. The van der Waals surface area contributed by atoms with Crippen LogP contribution in [0.4, 0.5) is 4.39 Å². The first kappa shape index (κ1) is 14.7. The molecule has 2 unspecified atom stereocenters.